The highest BCUT2D eigenvalue weighted by molar-refractivity contribution is 6.30. The lowest BCUT2D eigenvalue weighted by molar-refractivity contribution is -0.147. The van der Waals surface area contributed by atoms with Crippen molar-refractivity contribution >= 4 is 17.6 Å². The second-order valence-electron chi connectivity index (χ2n) is 6.27. The van der Waals surface area contributed by atoms with Gasteiger partial charge in [-0.05, 0) is 55.7 Å². The summed E-state index contributed by atoms with van der Waals surface area (Å²) >= 11 is 5.97. The molecule has 1 atom stereocenters. The Balaban J connectivity index is 2.41. The highest BCUT2D eigenvalue weighted by Crippen LogP contribution is 2.37. The summed E-state index contributed by atoms with van der Waals surface area (Å²) in [6, 6.07) is 15.3. The van der Waals surface area contributed by atoms with Gasteiger partial charge in [0, 0.05) is 10.9 Å². The maximum atomic E-state index is 11.5. The normalized spacial score (nSPS) is 12.7. The lowest BCUT2D eigenvalue weighted by Crippen LogP contribution is -2.26. The summed E-state index contributed by atoms with van der Waals surface area (Å²) in [5, 5.41) is 10.1. The van der Waals surface area contributed by atoms with Crippen molar-refractivity contribution in [1.29, 1.82) is 0 Å². The fraction of sp³-hybridized carbons (Fsp3) is 0.316. The molecule has 23 heavy (non-hydrogen) atoms. The van der Waals surface area contributed by atoms with E-state index in [1.165, 1.54) is 0 Å². The van der Waals surface area contributed by atoms with Gasteiger partial charge in [0.1, 0.15) is 5.75 Å². The van der Waals surface area contributed by atoms with Gasteiger partial charge in [0.2, 0.25) is 0 Å². The molecule has 0 saturated carbocycles. The van der Waals surface area contributed by atoms with Crippen molar-refractivity contribution in [2.24, 2.45) is 5.41 Å². The van der Waals surface area contributed by atoms with E-state index >= 15 is 0 Å². The third-order valence-corrected chi connectivity index (χ3v) is 4.34. The maximum Gasteiger partial charge on any atom is 0.309 e. The number of carboxylic acids is 1. The Morgan fingerprint density at radius 2 is 1.57 bits per heavy atom. The summed E-state index contributed by atoms with van der Waals surface area (Å²) in [5.74, 6) is -0.0460. The fourth-order valence-corrected chi connectivity index (χ4v) is 2.68. The smallest absolute Gasteiger partial charge is 0.309 e. The van der Waals surface area contributed by atoms with Crippen molar-refractivity contribution in [3.63, 3.8) is 0 Å². The second kappa shape index (κ2) is 7.05. The molecule has 122 valence electrons. The first-order valence-electron chi connectivity index (χ1n) is 7.46. The first-order chi connectivity index (χ1) is 10.8. The standard InChI is InChI=1S/C19H21ClO3/c1-19(2,18(21)22)12-17(13-4-8-15(20)9-5-13)14-6-10-16(23-3)11-7-14/h4-11,17H,12H2,1-3H3,(H,21,22). The molecule has 0 aliphatic carbocycles. The zero-order valence-corrected chi connectivity index (χ0v) is 14.3. The van der Waals surface area contributed by atoms with Crippen LogP contribution in [0.15, 0.2) is 48.5 Å². The van der Waals surface area contributed by atoms with Gasteiger partial charge >= 0.3 is 5.97 Å². The molecule has 0 amide bonds. The number of rotatable bonds is 6. The van der Waals surface area contributed by atoms with Crippen LogP contribution in [0.2, 0.25) is 5.02 Å². The Labute approximate surface area is 141 Å². The quantitative estimate of drug-likeness (QED) is 0.811. The van der Waals surface area contributed by atoms with Crippen LogP contribution < -0.4 is 4.74 Å². The van der Waals surface area contributed by atoms with E-state index in [1.54, 1.807) is 21.0 Å². The molecule has 1 N–H and O–H groups in total. The number of aliphatic carboxylic acids is 1. The minimum absolute atomic E-state index is 0.0238. The van der Waals surface area contributed by atoms with E-state index in [4.69, 9.17) is 16.3 Å². The zero-order chi connectivity index (χ0) is 17.0. The van der Waals surface area contributed by atoms with Crippen molar-refractivity contribution in [2.45, 2.75) is 26.2 Å². The van der Waals surface area contributed by atoms with Gasteiger partial charge in [0.15, 0.2) is 0 Å². The summed E-state index contributed by atoms with van der Waals surface area (Å²) in [4.78, 5) is 11.5. The molecular formula is C19H21ClO3. The zero-order valence-electron chi connectivity index (χ0n) is 13.5. The van der Waals surface area contributed by atoms with Gasteiger partial charge in [-0.1, -0.05) is 35.9 Å². The molecule has 2 rings (SSSR count). The first-order valence-corrected chi connectivity index (χ1v) is 7.84. The largest absolute Gasteiger partial charge is 0.497 e. The van der Waals surface area contributed by atoms with Gasteiger partial charge in [0.25, 0.3) is 0 Å². The minimum Gasteiger partial charge on any atom is -0.497 e. The second-order valence-corrected chi connectivity index (χ2v) is 6.71. The Morgan fingerprint density at radius 3 is 2.00 bits per heavy atom. The molecular weight excluding hydrogens is 312 g/mol. The van der Waals surface area contributed by atoms with E-state index < -0.39 is 11.4 Å². The van der Waals surface area contributed by atoms with Crippen LogP contribution >= 0.6 is 11.6 Å². The predicted octanol–water partition coefficient (Wildman–Crippen LogP) is 4.98. The van der Waals surface area contributed by atoms with Crippen LogP contribution in [0.5, 0.6) is 5.75 Å². The Hall–Kier alpha value is -2.00. The SMILES string of the molecule is COc1ccc(C(CC(C)(C)C(=O)O)c2ccc(Cl)cc2)cc1. The monoisotopic (exact) mass is 332 g/mol. The van der Waals surface area contributed by atoms with Gasteiger partial charge in [-0.15, -0.1) is 0 Å². The summed E-state index contributed by atoms with van der Waals surface area (Å²) in [6.07, 6.45) is 0.496. The van der Waals surface area contributed by atoms with Gasteiger partial charge in [-0.25, -0.2) is 0 Å². The Kier molecular flexibility index (Phi) is 5.32. The summed E-state index contributed by atoms with van der Waals surface area (Å²) in [5.41, 5.74) is 1.28. The molecule has 2 aromatic carbocycles. The van der Waals surface area contributed by atoms with E-state index in [0.29, 0.717) is 11.4 Å². The highest BCUT2D eigenvalue weighted by atomic mass is 35.5. The summed E-state index contributed by atoms with van der Waals surface area (Å²) in [6.45, 7) is 3.50. The molecule has 0 aromatic heterocycles. The summed E-state index contributed by atoms with van der Waals surface area (Å²) < 4.78 is 5.20. The fourth-order valence-electron chi connectivity index (χ4n) is 2.56. The molecule has 0 aliphatic rings. The lowest BCUT2D eigenvalue weighted by Gasteiger charge is -2.27. The van der Waals surface area contributed by atoms with Crippen LogP contribution in [0.3, 0.4) is 0 Å². The first kappa shape index (κ1) is 17.4. The van der Waals surface area contributed by atoms with Crippen LogP contribution in [-0.4, -0.2) is 18.2 Å². The van der Waals surface area contributed by atoms with Crippen LogP contribution in [-0.2, 0) is 4.79 Å². The third-order valence-electron chi connectivity index (χ3n) is 4.08. The van der Waals surface area contributed by atoms with Crippen LogP contribution in [0.1, 0.15) is 37.3 Å². The highest BCUT2D eigenvalue weighted by Gasteiger charge is 2.32. The topological polar surface area (TPSA) is 46.5 Å². The van der Waals surface area contributed by atoms with Crippen molar-refractivity contribution < 1.29 is 14.6 Å². The van der Waals surface area contributed by atoms with Crippen LogP contribution in [0, 0.1) is 5.41 Å². The van der Waals surface area contributed by atoms with E-state index in [9.17, 15) is 9.90 Å². The number of benzene rings is 2. The molecule has 1 unspecified atom stereocenters. The molecule has 0 heterocycles. The predicted molar refractivity (Wildman–Crippen MR) is 92.3 cm³/mol. The third kappa shape index (κ3) is 4.26. The molecule has 0 saturated heterocycles. The average Bonchev–Trinajstić information content (AvgIpc) is 2.53. The number of carboxylic acid groups (broad SMARTS) is 1. The minimum atomic E-state index is -0.829. The lowest BCUT2D eigenvalue weighted by atomic mass is 9.77. The molecule has 0 aliphatic heterocycles. The van der Waals surface area contributed by atoms with Crippen LogP contribution in [0.4, 0.5) is 0 Å². The number of methoxy groups -OCH3 is 1. The number of hydrogen-bond acceptors (Lipinski definition) is 2. The number of hydrogen-bond donors (Lipinski definition) is 1. The molecule has 3 nitrogen and oxygen atoms in total. The Bertz CT molecular complexity index is 660. The van der Waals surface area contributed by atoms with Gasteiger partial charge in [-0.2, -0.15) is 0 Å². The van der Waals surface area contributed by atoms with Crippen LogP contribution in [0.25, 0.3) is 0 Å². The van der Waals surface area contributed by atoms with E-state index in [1.807, 2.05) is 48.5 Å². The van der Waals surface area contributed by atoms with Crippen molar-refractivity contribution in [3.05, 3.63) is 64.7 Å². The van der Waals surface area contributed by atoms with Crippen molar-refractivity contribution in [2.75, 3.05) is 7.11 Å². The van der Waals surface area contributed by atoms with Gasteiger partial charge < -0.3 is 9.84 Å². The molecule has 0 fully saturated rings. The number of carbonyl (C=O) groups is 1. The molecule has 0 spiro atoms. The Morgan fingerprint density at radius 1 is 1.09 bits per heavy atom. The van der Waals surface area contributed by atoms with Gasteiger partial charge in [-0.3, -0.25) is 4.79 Å². The van der Waals surface area contributed by atoms with Crippen molar-refractivity contribution in [1.82, 2.24) is 0 Å². The summed E-state index contributed by atoms with van der Waals surface area (Å²) in [7, 11) is 1.62. The molecule has 0 radical (unpaired) electrons. The number of halogens is 1. The number of ether oxygens (including phenoxy) is 1. The maximum absolute atomic E-state index is 11.5. The van der Waals surface area contributed by atoms with Gasteiger partial charge in [0.05, 0.1) is 12.5 Å². The van der Waals surface area contributed by atoms with Crippen molar-refractivity contribution in [3.8, 4) is 5.75 Å². The molecule has 0 bridgehead atoms. The molecule has 4 heteroatoms. The van der Waals surface area contributed by atoms with E-state index in [0.717, 1.165) is 16.9 Å². The van der Waals surface area contributed by atoms with E-state index in [-0.39, 0.29) is 5.92 Å². The average molecular weight is 333 g/mol. The van der Waals surface area contributed by atoms with E-state index in [2.05, 4.69) is 0 Å². The molecule has 2 aromatic rings.